The van der Waals surface area contributed by atoms with Gasteiger partial charge in [-0.15, -0.1) is 0 Å². The first-order valence-corrected chi connectivity index (χ1v) is 5.71. The minimum Gasteiger partial charge on any atom is -0.478 e. The lowest BCUT2D eigenvalue weighted by atomic mass is 10.2. The number of pyridine rings is 1. The van der Waals surface area contributed by atoms with Gasteiger partial charge in [0.25, 0.3) is 0 Å². The number of aromatic nitrogens is 1. The van der Waals surface area contributed by atoms with Gasteiger partial charge in [-0.1, -0.05) is 11.6 Å². The van der Waals surface area contributed by atoms with Crippen LogP contribution in [0.4, 0.5) is 5.82 Å². The Morgan fingerprint density at radius 2 is 2.47 bits per heavy atom. The van der Waals surface area contributed by atoms with Crippen LogP contribution in [0.3, 0.4) is 0 Å². The minimum atomic E-state index is -1.04. The number of carbonyl (C=O) groups is 1. The average Bonchev–Trinajstić information content (AvgIpc) is 2.29. The number of ether oxygens (including phenoxy) is 1. The van der Waals surface area contributed by atoms with Gasteiger partial charge in [0, 0.05) is 19.3 Å². The number of halogens is 1. The van der Waals surface area contributed by atoms with E-state index in [0.29, 0.717) is 25.5 Å². The quantitative estimate of drug-likeness (QED) is 0.872. The Morgan fingerprint density at radius 1 is 1.71 bits per heavy atom. The number of aromatic carboxylic acids is 1. The minimum absolute atomic E-state index is 0.0795. The molecular weight excluding hydrogens is 244 g/mol. The molecule has 1 aliphatic heterocycles. The third-order valence-corrected chi connectivity index (χ3v) is 2.94. The molecule has 0 radical (unpaired) electrons. The maximum absolute atomic E-state index is 11.0. The van der Waals surface area contributed by atoms with E-state index in [2.05, 4.69) is 4.98 Å². The Bertz CT molecular complexity index is 439. The molecule has 1 aromatic heterocycles. The van der Waals surface area contributed by atoms with E-state index in [1.807, 2.05) is 11.8 Å². The molecule has 5 nitrogen and oxygen atoms in total. The van der Waals surface area contributed by atoms with Gasteiger partial charge in [-0.2, -0.15) is 0 Å². The predicted octanol–water partition coefficient (Wildman–Crippen LogP) is 1.66. The summed E-state index contributed by atoms with van der Waals surface area (Å²) >= 11 is 5.77. The fourth-order valence-electron chi connectivity index (χ4n) is 1.79. The van der Waals surface area contributed by atoms with Gasteiger partial charge >= 0.3 is 5.97 Å². The second-order valence-electron chi connectivity index (χ2n) is 3.95. The maximum atomic E-state index is 11.0. The van der Waals surface area contributed by atoms with Crippen molar-refractivity contribution in [3.8, 4) is 0 Å². The maximum Gasteiger partial charge on any atom is 0.337 e. The zero-order valence-corrected chi connectivity index (χ0v) is 10.1. The smallest absolute Gasteiger partial charge is 0.337 e. The normalized spacial score (nSPS) is 20.4. The van der Waals surface area contributed by atoms with Crippen LogP contribution >= 0.6 is 11.6 Å². The van der Waals surface area contributed by atoms with Gasteiger partial charge in [0.05, 0.1) is 23.3 Å². The van der Waals surface area contributed by atoms with E-state index in [0.717, 1.165) is 0 Å². The molecule has 1 fully saturated rings. The van der Waals surface area contributed by atoms with Gasteiger partial charge in [-0.25, -0.2) is 9.78 Å². The molecule has 0 spiro atoms. The summed E-state index contributed by atoms with van der Waals surface area (Å²) in [5.41, 5.74) is 0.0795. The number of hydrogen-bond donors (Lipinski definition) is 1. The number of rotatable bonds is 2. The molecule has 0 aromatic carbocycles. The van der Waals surface area contributed by atoms with E-state index in [9.17, 15) is 4.79 Å². The molecule has 1 unspecified atom stereocenters. The fourth-order valence-corrected chi connectivity index (χ4v) is 1.98. The molecule has 0 aliphatic carbocycles. The third-order valence-electron chi connectivity index (χ3n) is 2.64. The number of hydrogen-bond acceptors (Lipinski definition) is 4. The predicted molar refractivity (Wildman–Crippen MR) is 63.8 cm³/mol. The van der Waals surface area contributed by atoms with Crippen molar-refractivity contribution in [1.29, 1.82) is 0 Å². The van der Waals surface area contributed by atoms with Crippen molar-refractivity contribution in [2.45, 2.75) is 13.0 Å². The molecule has 1 aromatic rings. The molecule has 1 aliphatic rings. The number of carboxylic acid groups (broad SMARTS) is 1. The van der Waals surface area contributed by atoms with Gasteiger partial charge < -0.3 is 14.7 Å². The highest BCUT2D eigenvalue weighted by molar-refractivity contribution is 6.33. The largest absolute Gasteiger partial charge is 0.478 e. The van der Waals surface area contributed by atoms with Gasteiger partial charge in [-0.05, 0) is 13.0 Å². The van der Waals surface area contributed by atoms with Crippen LogP contribution in [0, 0.1) is 0 Å². The number of morpholine rings is 1. The number of anilines is 1. The SMILES string of the molecule is CC1CN(c2cc(C(=O)O)c(Cl)cn2)CCO1. The van der Waals surface area contributed by atoms with E-state index in [1.54, 1.807) is 0 Å². The molecule has 17 heavy (non-hydrogen) atoms. The first-order valence-electron chi connectivity index (χ1n) is 5.33. The summed E-state index contributed by atoms with van der Waals surface area (Å²) in [7, 11) is 0. The van der Waals surface area contributed by atoms with Crippen molar-refractivity contribution in [3.05, 3.63) is 22.8 Å². The van der Waals surface area contributed by atoms with Gasteiger partial charge in [0.15, 0.2) is 0 Å². The molecule has 2 rings (SSSR count). The van der Waals surface area contributed by atoms with E-state index >= 15 is 0 Å². The number of nitrogens with zero attached hydrogens (tertiary/aromatic N) is 2. The Morgan fingerprint density at radius 3 is 3.12 bits per heavy atom. The van der Waals surface area contributed by atoms with Crippen LogP contribution in [-0.4, -0.2) is 41.9 Å². The lowest BCUT2D eigenvalue weighted by molar-refractivity contribution is 0.0529. The van der Waals surface area contributed by atoms with Crippen LogP contribution in [0.5, 0.6) is 0 Å². The van der Waals surface area contributed by atoms with E-state index in [-0.39, 0.29) is 16.7 Å². The zero-order chi connectivity index (χ0) is 12.4. The zero-order valence-electron chi connectivity index (χ0n) is 9.39. The second kappa shape index (κ2) is 4.89. The Labute approximate surface area is 104 Å². The van der Waals surface area contributed by atoms with Gasteiger partial charge in [0.2, 0.25) is 0 Å². The Hall–Kier alpha value is -1.33. The van der Waals surface area contributed by atoms with Crippen molar-refractivity contribution >= 4 is 23.4 Å². The molecular formula is C11H13ClN2O3. The van der Waals surface area contributed by atoms with Gasteiger partial charge in [-0.3, -0.25) is 0 Å². The summed E-state index contributed by atoms with van der Waals surface area (Å²) in [4.78, 5) is 17.1. The van der Waals surface area contributed by atoms with E-state index in [1.165, 1.54) is 12.3 Å². The van der Waals surface area contributed by atoms with Crippen LogP contribution in [0.1, 0.15) is 17.3 Å². The third kappa shape index (κ3) is 2.68. The second-order valence-corrected chi connectivity index (χ2v) is 4.36. The summed E-state index contributed by atoms with van der Waals surface area (Å²) in [6.45, 7) is 4.00. The highest BCUT2D eigenvalue weighted by Crippen LogP contribution is 2.22. The lowest BCUT2D eigenvalue weighted by Crippen LogP contribution is -2.41. The van der Waals surface area contributed by atoms with Crippen LogP contribution in [0.15, 0.2) is 12.3 Å². The molecule has 1 atom stereocenters. The van der Waals surface area contributed by atoms with Crippen LogP contribution < -0.4 is 4.90 Å². The Kier molecular flexibility index (Phi) is 3.49. The fraction of sp³-hybridized carbons (Fsp3) is 0.455. The van der Waals surface area contributed by atoms with E-state index in [4.69, 9.17) is 21.4 Å². The summed E-state index contributed by atoms with van der Waals surface area (Å²) in [5.74, 6) is -0.415. The lowest BCUT2D eigenvalue weighted by Gasteiger charge is -2.32. The standard InChI is InChI=1S/C11H13ClN2O3/c1-7-6-14(2-3-17-7)10-4-8(11(15)16)9(12)5-13-10/h4-5,7H,2-3,6H2,1H3,(H,15,16). The highest BCUT2D eigenvalue weighted by Gasteiger charge is 2.20. The van der Waals surface area contributed by atoms with Crippen molar-refractivity contribution in [3.63, 3.8) is 0 Å². The monoisotopic (exact) mass is 256 g/mol. The van der Waals surface area contributed by atoms with E-state index < -0.39 is 5.97 Å². The molecule has 1 N–H and O–H groups in total. The van der Waals surface area contributed by atoms with Crippen LogP contribution in [0.25, 0.3) is 0 Å². The highest BCUT2D eigenvalue weighted by atomic mass is 35.5. The molecule has 0 bridgehead atoms. The summed E-state index contributed by atoms with van der Waals surface area (Å²) in [6, 6.07) is 1.50. The summed E-state index contributed by atoms with van der Waals surface area (Å²) < 4.78 is 5.42. The number of carboxylic acids is 1. The van der Waals surface area contributed by atoms with Crippen LogP contribution in [0.2, 0.25) is 5.02 Å². The molecule has 0 amide bonds. The van der Waals surface area contributed by atoms with Crippen LogP contribution in [-0.2, 0) is 4.74 Å². The molecule has 6 heteroatoms. The summed E-state index contributed by atoms with van der Waals surface area (Å²) in [5, 5.41) is 9.14. The molecule has 1 saturated heterocycles. The molecule has 0 saturated carbocycles. The average molecular weight is 257 g/mol. The summed E-state index contributed by atoms with van der Waals surface area (Å²) in [6.07, 6.45) is 1.50. The van der Waals surface area contributed by atoms with Gasteiger partial charge in [0.1, 0.15) is 5.82 Å². The van der Waals surface area contributed by atoms with Crippen molar-refractivity contribution in [2.24, 2.45) is 0 Å². The molecule has 2 heterocycles. The van der Waals surface area contributed by atoms with Crippen molar-refractivity contribution in [2.75, 3.05) is 24.6 Å². The topological polar surface area (TPSA) is 62.7 Å². The van der Waals surface area contributed by atoms with Crippen molar-refractivity contribution < 1.29 is 14.6 Å². The molecule has 92 valence electrons. The Balaban J connectivity index is 2.26. The first kappa shape index (κ1) is 12.1. The van der Waals surface area contributed by atoms with Crippen molar-refractivity contribution in [1.82, 2.24) is 4.98 Å². The first-order chi connectivity index (χ1) is 8.08.